The van der Waals surface area contributed by atoms with Gasteiger partial charge in [0.25, 0.3) is 0 Å². The second-order valence-corrected chi connectivity index (χ2v) is 6.68. The molecule has 5 heteroatoms. The first-order valence-corrected chi connectivity index (χ1v) is 8.54. The number of guanidine groups is 1. The summed E-state index contributed by atoms with van der Waals surface area (Å²) in [7, 11) is 0. The lowest BCUT2D eigenvalue weighted by Crippen LogP contribution is -2.41. The van der Waals surface area contributed by atoms with Crippen LogP contribution in [0.1, 0.15) is 38.3 Å². The van der Waals surface area contributed by atoms with Crippen LogP contribution in [-0.4, -0.2) is 38.9 Å². The monoisotopic (exact) mass is 317 g/mol. The first kappa shape index (κ1) is 16.1. The van der Waals surface area contributed by atoms with E-state index in [2.05, 4.69) is 36.6 Å². The van der Waals surface area contributed by atoms with Gasteiger partial charge in [0.15, 0.2) is 5.96 Å². The van der Waals surface area contributed by atoms with Crippen molar-refractivity contribution in [1.82, 2.24) is 10.6 Å². The van der Waals surface area contributed by atoms with Crippen LogP contribution in [0.4, 0.5) is 0 Å². The van der Waals surface area contributed by atoms with Gasteiger partial charge in [-0.15, -0.1) is 0 Å². The molecule has 2 aliphatic heterocycles. The zero-order chi connectivity index (χ0) is 16.1. The first-order valence-electron chi connectivity index (χ1n) is 8.54. The highest BCUT2D eigenvalue weighted by atomic mass is 16.5. The van der Waals surface area contributed by atoms with Crippen molar-refractivity contribution in [3.63, 3.8) is 0 Å². The lowest BCUT2D eigenvalue weighted by atomic mass is 9.90. The third kappa shape index (κ3) is 3.96. The van der Waals surface area contributed by atoms with Gasteiger partial charge in [-0.3, -0.25) is 4.99 Å². The molecule has 1 saturated heterocycles. The Morgan fingerprint density at radius 3 is 3.00 bits per heavy atom. The molecule has 2 N–H and O–H groups in total. The van der Waals surface area contributed by atoms with E-state index < -0.39 is 0 Å². The highest BCUT2D eigenvalue weighted by molar-refractivity contribution is 5.80. The molecule has 1 aromatic carbocycles. The average molecular weight is 317 g/mol. The standard InChI is InChI=1S/C18H27N3O2/c1-3-19-17(20-12-18(2)9-11-22-13-18)21-15-8-10-23-16-7-5-4-6-14(15)16/h4-7,15H,3,8-13H2,1-2H3,(H2,19,20,21). The van der Waals surface area contributed by atoms with Crippen molar-refractivity contribution in [1.29, 1.82) is 0 Å². The molecule has 0 aliphatic carbocycles. The highest BCUT2D eigenvalue weighted by Gasteiger charge is 2.30. The Balaban J connectivity index is 1.70. The number of fused-ring (bicyclic) bond motifs is 1. The van der Waals surface area contributed by atoms with Crippen molar-refractivity contribution < 1.29 is 9.47 Å². The molecule has 2 unspecified atom stereocenters. The van der Waals surface area contributed by atoms with Gasteiger partial charge in [0.1, 0.15) is 5.75 Å². The highest BCUT2D eigenvalue weighted by Crippen LogP contribution is 2.31. The van der Waals surface area contributed by atoms with Gasteiger partial charge in [-0.25, -0.2) is 0 Å². The molecule has 2 atom stereocenters. The van der Waals surface area contributed by atoms with Gasteiger partial charge in [-0.2, -0.15) is 0 Å². The van der Waals surface area contributed by atoms with Crippen LogP contribution in [0.15, 0.2) is 29.3 Å². The zero-order valence-electron chi connectivity index (χ0n) is 14.1. The van der Waals surface area contributed by atoms with Crippen molar-refractivity contribution in [3.05, 3.63) is 29.8 Å². The number of nitrogens with zero attached hydrogens (tertiary/aromatic N) is 1. The van der Waals surface area contributed by atoms with Gasteiger partial charge < -0.3 is 20.1 Å². The van der Waals surface area contributed by atoms with E-state index in [4.69, 9.17) is 14.5 Å². The molecular formula is C18H27N3O2. The molecule has 0 saturated carbocycles. The normalized spacial score (nSPS) is 27.2. The third-order valence-corrected chi connectivity index (χ3v) is 4.53. The van der Waals surface area contributed by atoms with E-state index in [0.717, 1.165) is 57.5 Å². The topological polar surface area (TPSA) is 54.9 Å². The summed E-state index contributed by atoms with van der Waals surface area (Å²) in [6, 6.07) is 8.47. The van der Waals surface area contributed by atoms with Gasteiger partial charge in [0, 0.05) is 30.6 Å². The Morgan fingerprint density at radius 2 is 2.22 bits per heavy atom. The molecular weight excluding hydrogens is 290 g/mol. The van der Waals surface area contributed by atoms with E-state index in [-0.39, 0.29) is 11.5 Å². The van der Waals surface area contributed by atoms with E-state index in [1.54, 1.807) is 0 Å². The molecule has 5 nitrogen and oxygen atoms in total. The number of rotatable bonds is 4. The molecule has 2 aliphatic rings. The minimum absolute atomic E-state index is 0.163. The zero-order valence-corrected chi connectivity index (χ0v) is 14.1. The van der Waals surface area contributed by atoms with E-state index in [9.17, 15) is 0 Å². The van der Waals surface area contributed by atoms with Crippen LogP contribution in [0.25, 0.3) is 0 Å². The second kappa shape index (κ2) is 7.21. The summed E-state index contributed by atoms with van der Waals surface area (Å²) in [5.41, 5.74) is 1.37. The van der Waals surface area contributed by atoms with Crippen molar-refractivity contribution in [3.8, 4) is 5.75 Å². The first-order chi connectivity index (χ1) is 11.2. The Labute approximate surface area is 138 Å². The van der Waals surface area contributed by atoms with Gasteiger partial charge >= 0.3 is 0 Å². The third-order valence-electron chi connectivity index (χ3n) is 4.53. The largest absolute Gasteiger partial charge is 0.493 e. The summed E-state index contributed by atoms with van der Waals surface area (Å²) in [6.07, 6.45) is 2.03. The number of hydrogen-bond donors (Lipinski definition) is 2. The Morgan fingerprint density at radius 1 is 1.35 bits per heavy atom. The van der Waals surface area contributed by atoms with Crippen LogP contribution in [0.5, 0.6) is 5.75 Å². The number of ether oxygens (including phenoxy) is 2. The van der Waals surface area contributed by atoms with Gasteiger partial charge in [0.2, 0.25) is 0 Å². The number of benzene rings is 1. The van der Waals surface area contributed by atoms with Crippen molar-refractivity contribution in [2.75, 3.05) is 32.9 Å². The van der Waals surface area contributed by atoms with Gasteiger partial charge in [-0.1, -0.05) is 25.1 Å². The average Bonchev–Trinajstić information content (AvgIpc) is 3.00. The summed E-state index contributed by atoms with van der Waals surface area (Å²) in [6.45, 7) is 8.36. The number of hydrogen-bond acceptors (Lipinski definition) is 3. The summed E-state index contributed by atoms with van der Waals surface area (Å²) in [5.74, 6) is 1.85. The number of aliphatic imine (C=N–C) groups is 1. The van der Waals surface area contributed by atoms with Crippen LogP contribution in [-0.2, 0) is 4.74 Å². The van der Waals surface area contributed by atoms with Crippen molar-refractivity contribution >= 4 is 5.96 Å². The summed E-state index contributed by atoms with van der Waals surface area (Å²) in [4.78, 5) is 4.81. The molecule has 1 aromatic rings. The predicted molar refractivity (Wildman–Crippen MR) is 92.0 cm³/mol. The summed E-state index contributed by atoms with van der Waals surface area (Å²) < 4.78 is 11.3. The quantitative estimate of drug-likeness (QED) is 0.662. The van der Waals surface area contributed by atoms with E-state index in [1.807, 2.05) is 12.1 Å². The van der Waals surface area contributed by atoms with E-state index in [0.29, 0.717) is 0 Å². The van der Waals surface area contributed by atoms with Crippen LogP contribution in [0.2, 0.25) is 0 Å². The smallest absolute Gasteiger partial charge is 0.191 e. The maximum absolute atomic E-state index is 5.74. The minimum atomic E-state index is 0.163. The second-order valence-electron chi connectivity index (χ2n) is 6.68. The Bertz CT molecular complexity index is 553. The molecule has 0 amide bonds. The Kier molecular flexibility index (Phi) is 5.06. The molecule has 0 spiro atoms. The van der Waals surface area contributed by atoms with Gasteiger partial charge in [0.05, 0.1) is 25.8 Å². The fraction of sp³-hybridized carbons (Fsp3) is 0.611. The lowest BCUT2D eigenvalue weighted by molar-refractivity contribution is 0.163. The minimum Gasteiger partial charge on any atom is -0.493 e. The molecule has 23 heavy (non-hydrogen) atoms. The van der Waals surface area contributed by atoms with E-state index >= 15 is 0 Å². The van der Waals surface area contributed by atoms with Crippen LogP contribution in [0, 0.1) is 5.41 Å². The fourth-order valence-electron chi connectivity index (χ4n) is 3.08. The van der Waals surface area contributed by atoms with Gasteiger partial charge in [-0.05, 0) is 19.4 Å². The lowest BCUT2D eigenvalue weighted by Gasteiger charge is -2.28. The SMILES string of the molecule is CCNC(=NCC1(C)CCOC1)NC1CCOc2ccccc21. The summed E-state index contributed by atoms with van der Waals surface area (Å²) >= 11 is 0. The van der Waals surface area contributed by atoms with Crippen molar-refractivity contribution in [2.24, 2.45) is 10.4 Å². The number of nitrogens with one attached hydrogen (secondary N) is 2. The van der Waals surface area contributed by atoms with E-state index in [1.165, 1.54) is 5.56 Å². The fourth-order valence-corrected chi connectivity index (χ4v) is 3.08. The van der Waals surface area contributed by atoms with Crippen molar-refractivity contribution in [2.45, 2.75) is 32.7 Å². The van der Waals surface area contributed by atoms with Crippen LogP contribution in [0.3, 0.4) is 0 Å². The summed E-state index contributed by atoms with van der Waals surface area (Å²) in [5, 5.41) is 6.93. The molecule has 126 valence electrons. The molecule has 2 heterocycles. The Hall–Kier alpha value is -1.75. The number of para-hydroxylation sites is 1. The predicted octanol–water partition coefficient (Wildman–Crippen LogP) is 2.49. The maximum atomic E-state index is 5.74. The van der Waals surface area contributed by atoms with Crippen LogP contribution < -0.4 is 15.4 Å². The maximum Gasteiger partial charge on any atom is 0.191 e. The molecule has 0 radical (unpaired) electrons. The molecule has 0 aromatic heterocycles. The molecule has 1 fully saturated rings. The molecule has 0 bridgehead atoms. The van der Waals surface area contributed by atoms with Crippen LogP contribution >= 0.6 is 0 Å². The molecule has 3 rings (SSSR count).